The summed E-state index contributed by atoms with van der Waals surface area (Å²) in [4.78, 5) is 30.9. The average Bonchev–Trinajstić information content (AvgIpc) is 3.10. The van der Waals surface area contributed by atoms with Crippen LogP contribution in [-0.2, 0) is 9.59 Å². The molecule has 8 heteroatoms. The number of anilines is 2. The number of benzene rings is 1. The molecule has 0 saturated carbocycles. The van der Waals surface area contributed by atoms with Crippen molar-refractivity contribution in [1.29, 1.82) is 0 Å². The molecule has 1 aromatic carbocycles. The molecule has 0 N–H and O–H groups in total. The first-order chi connectivity index (χ1) is 13.1. The maximum atomic E-state index is 12.9. The van der Waals surface area contributed by atoms with Gasteiger partial charge in [-0.05, 0) is 36.4 Å². The molecule has 1 atom stereocenters. The van der Waals surface area contributed by atoms with Crippen molar-refractivity contribution in [2.45, 2.75) is 6.42 Å². The number of rotatable bonds is 3. The first kappa shape index (κ1) is 17.7. The van der Waals surface area contributed by atoms with Crippen molar-refractivity contribution >= 4 is 34.9 Å². The molecule has 1 unspecified atom stereocenters. The highest BCUT2D eigenvalue weighted by atomic mass is 35.5. The van der Waals surface area contributed by atoms with Crippen LogP contribution >= 0.6 is 11.6 Å². The van der Waals surface area contributed by atoms with E-state index in [0.717, 1.165) is 11.5 Å². The molecular formula is C19H20ClN5O2. The van der Waals surface area contributed by atoms with E-state index in [4.69, 9.17) is 11.6 Å². The number of halogens is 1. The van der Waals surface area contributed by atoms with Gasteiger partial charge >= 0.3 is 0 Å². The lowest BCUT2D eigenvalue weighted by atomic mass is 10.1. The molecule has 2 aromatic rings. The Balaban J connectivity index is 1.36. The number of hydrogen-bond acceptors (Lipinski definition) is 5. The number of amides is 2. The topological polar surface area (TPSA) is 69.6 Å². The molecule has 27 heavy (non-hydrogen) atoms. The van der Waals surface area contributed by atoms with Gasteiger partial charge in [0.05, 0.1) is 5.92 Å². The Morgan fingerprint density at radius 3 is 2.48 bits per heavy atom. The number of aromatic nitrogens is 2. The summed E-state index contributed by atoms with van der Waals surface area (Å²) in [5.74, 6) is 0.568. The fraction of sp³-hybridized carbons (Fsp3) is 0.368. The van der Waals surface area contributed by atoms with Crippen molar-refractivity contribution in [3.63, 3.8) is 0 Å². The van der Waals surface area contributed by atoms with Gasteiger partial charge in [0.1, 0.15) is 0 Å². The van der Waals surface area contributed by atoms with Crippen LogP contribution in [0.5, 0.6) is 0 Å². The minimum Gasteiger partial charge on any atom is -0.352 e. The van der Waals surface area contributed by atoms with Crippen LogP contribution in [0.1, 0.15) is 6.42 Å². The third-order valence-corrected chi connectivity index (χ3v) is 5.34. The van der Waals surface area contributed by atoms with Crippen molar-refractivity contribution in [2.24, 2.45) is 5.92 Å². The van der Waals surface area contributed by atoms with E-state index >= 15 is 0 Å². The van der Waals surface area contributed by atoms with Gasteiger partial charge in [-0.3, -0.25) is 9.59 Å². The van der Waals surface area contributed by atoms with E-state index < -0.39 is 0 Å². The van der Waals surface area contributed by atoms with Crippen LogP contribution in [0, 0.1) is 5.92 Å². The molecular weight excluding hydrogens is 366 g/mol. The Labute approximate surface area is 162 Å². The van der Waals surface area contributed by atoms with E-state index in [9.17, 15) is 9.59 Å². The smallest absolute Gasteiger partial charge is 0.228 e. The van der Waals surface area contributed by atoms with E-state index in [1.807, 2.05) is 29.2 Å². The Morgan fingerprint density at radius 2 is 1.81 bits per heavy atom. The van der Waals surface area contributed by atoms with Crippen molar-refractivity contribution in [3.8, 4) is 0 Å². The SMILES string of the molecule is O=C(C1CC(=O)N(c2ccc(Cl)cc2)C1)N1CCN(c2cccnn2)CC1. The Morgan fingerprint density at radius 1 is 1.07 bits per heavy atom. The molecule has 2 fully saturated rings. The van der Waals surface area contributed by atoms with Crippen LogP contribution in [-0.4, -0.2) is 59.6 Å². The lowest BCUT2D eigenvalue weighted by molar-refractivity contribution is -0.136. The quantitative estimate of drug-likeness (QED) is 0.806. The summed E-state index contributed by atoms with van der Waals surface area (Å²) >= 11 is 5.91. The lowest BCUT2D eigenvalue weighted by Gasteiger charge is -2.36. The van der Waals surface area contributed by atoms with Crippen LogP contribution in [0.4, 0.5) is 11.5 Å². The summed E-state index contributed by atoms with van der Waals surface area (Å²) in [5.41, 5.74) is 0.784. The fourth-order valence-corrected chi connectivity index (χ4v) is 3.75. The van der Waals surface area contributed by atoms with Crippen LogP contribution in [0.25, 0.3) is 0 Å². The average molecular weight is 386 g/mol. The summed E-state index contributed by atoms with van der Waals surface area (Å²) in [7, 11) is 0. The van der Waals surface area contributed by atoms with Gasteiger partial charge in [0.2, 0.25) is 11.8 Å². The van der Waals surface area contributed by atoms with Gasteiger partial charge in [-0.2, -0.15) is 5.10 Å². The van der Waals surface area contributed by atoms with E-state index in [1.165, 1.54) is 0 Å². The molecule has 0 bridgehead atoms. The molecule has 0 radical (unpaired) electrons. The maximum absolute atomic E-state index is 12.9. The van der Waals surface area contributed by atoms with Crippen LogP contribution < -0.4 is 9.80 Å². The van der Waals surface area contributed by atoms with Gasteiger partial charge in [0, 0.05) is 56.1 Å². The molecule has 3 heterocycles. The first-order valence-electron chi connectivity index (χ1n) is 8.99. The summed E-state index contributed by atoms with van der Waals surface area (Å²) in [6.07, 6.45) is 1.90. The minimum absolute atomic E-state index is 0.0196. The second-order valence-electron chi connectivity index (χ2n) is 6.78. The number of carbonyl (C=O) groups excluding carboxylic acids is 2. The summed E-state index contributed by atoms with van der Waals surface area (Å²) in [6.45, 7) is 3.10. The number of carbonyl (C=O) groups is 2. The molecule has 2 aliphatic heterocycles. The molecule has 2 amide bonds. The van der Waals surface area contributed by atoms with Gasteiger partial charge in [-0.1, -0.05) is 11.6 Å². The van der Waals surface area contributed by atoms with Gasteiger partial charge in [-0.25, -0.2) is 0 Å². The predicted octanol–water partition coefficient (Wildman–Crippen LogP) is 1.83. The van der Waals surface area contributed by atoms with Crippen molar-refractivity contribution in [1.82, 2.24) is 15.1 Å². The second kappa shape index (κ2) is 7.52. The summed E-state index contributed by atoms with van der Waals surface area (Å²) in [6, 6.07) is 10.9. The highest BCUT2D eigenvalue weighted by molar-refractivity contribution is 6.30. The number of piperazine rings is 1. The standard InChI is InChI=1S/C19H20ClN5O2/c20-15-3-5-16(6-4-15)25-13-14(12-18(25)26)19(27)24-10-8-23(9-11-24)17-2-1-7-21-22-17/h1-7,14H,8-13H2. The zero-order chi connectivity index (χ0) is 18.8. The number of hydrogen-bond donors (Lipinski definition) is 0. The van der Waals surface area contributed by atoms with Crippen molar-refractivity contribution < 1.29 is 9.59 Å². The molecule has 7 nitrogen and oxygen atoms in total. The highest BCUT2D eigenvalue weighted by Gasteiger charge is 2.38. The largest absolute Gasteiger partial charge is 0.352 e. The van der Waals surface area contributed by atoms with E-state index in [-0.39, 0.29) is 24.2 Å². The number of nitrogens with zero attached hydrogens (tertiary/aromatic N) is 5. The van der Waals surface area contributed by atoms with E-state index in [0.29, 0.717) is 37.7 Å². The summed E-state index contributed by atoms with van der Waals surface area (Å²) in [5, 5.41) is 8.65. The van der Waals surface area contributed by atoms with Crippen LogP contribution in [0.2, 0.25) is 5.02 Å². The highest BCUT2D eigenvalue weighted by Crippen LogP contribution is 2.27. The zero-order valence-corrected chi connectivity index (χ0v) is 15.5. The molecule has 4 rings (SSSR count). The normalized spacial score (nSPS) is 20.3. The van der Waals surface area contributed by atoms with Crippen LogP contribution in [0.15, 0.2) is 42.6 Å². The summed E-state index contributed by atoms with van der Waals surface area (Å²) < 4.78 is 0. The molecule has 140 valence electrons. The van der Waals surface area contributed by atoms with Crippen LogP contribution in [0.3, 0.4) is 0 Å². The Bertz CT molecular complexity index is 822. The van der Waals surface area contributed by atoms with Crippen molar-refractivity contribution in [3.05, 3.63) is 47.6 Å². The Hall–Kier alpha value is -2.67. The molecule has 0 spiro atoms. The maximum Gasteiger partial charge on any atom is 0.228 e. The second-order valence-corrected chi connectivity index (χ2v) is 7.21. The van der Waals surface area contributed by atoms with Gasteiger partial charge in [0.25, 0.3) is 0 Å². The fourth-order valence-electron chi connectivity index (χ4n) is 3.62. The van der Waals surface area contributed by atoms with Gasteiger partial charge in [-0.15, -0.1) is 5.10 Å². The molecule has 1 aromatic heterocycles. The molecule has 0 aliphatic carbocycles. The van der Waals surface area contributed by atoms with Gasteiger partial charge < -0.3 is 14.7 Å². The minimum atomic E-state index is -0.295. The van der Waals surface area contributed by atoms with Gasteiger partial charge in [0.15, 0.2) is 5.82 Å². The third-order valence-electron chi connectivity index (χ3n) is 5.09. The van der Waals surface area contributed by atoms with E-state index in [1.54, 1.807) is 23.2 Å². The van der Waals surface area contributed by atoms with Crippen molar-refractivity contribution in [2.75, 3.05) is 42.5 Å². The lowest BCUT2D eigenvalue weighted by Crippen LogP contribution is -2.51. The molecule has 2 aliphatic rings. The van der Waals surface area contributed by atoms with E-state index in [2.05, 4.69) is 15.1 Å². The third kappa shape index (κ3) is 3.73. The Kier molecular flexibility index (Phi) is 4.94. The molecule has 2 saturated heterocycles. The monoisotopic (exact) mass is 385 g/mol. The predicted molar refractivity (Wildman–Crippen MR) is 103 cm³/mol. The zero-order valence-electron chi connectivity index (χ0n) is 14.8. The first-order valence-corrected chi connectivity index (χ1v) is 9.37.